The second-order valence-corrected chi connectivity index (χ2v) is 5.32. The third kappa shape index (κ3) is 2.09. The van der Waals surface area contributed by atoms with Crippen molar-refractivity contribution in [1.82, 2.24) is 4.90 Å². The van der Waals surface area contributed by atoms with E-state index in [9.17, 15) is 4.79 Å². The number of hydrogen-bond donors (Lipinski definition) is 1. The van der Waals surface area contributed by atoms with Crippen molar-refractivity contribution in [2.24, 2.45) is 5.73 Å². The maximum absolute atomic E-state index is 11.8. The Balaban J connectivity index is 2.31. The molecule has 1 aromatic rings. The highest BCUT2D eigenvalue weighted by Crippen LogP contribution is 2.23. The first kappa shape index (κ1) is 11.1. The number of hydrogen-bond acceptors (Lipinski definition) is 2. The van der Waals surface area contributed by atoms with Crippen LogP contribution in [0.15, 0.2) is 18.2 Å². The zero-order valence-corrected chi connectivity index (χ0v) is 10.1. The van der Waals surface area contributed by atoms with Crippen molar-refractivity contribution < 1.29 is 4.79 Å². The molecule has 0 unspecified atom stereocenters. The molecule has 1 amide bonds. The first-order valence-corrected chi connectivity index (χ1v) is 5.53. The van der Waals surface area contributed by atoms with Gasteiger partial charge in [0.1, 0.15) is 0 Å². The molecule has 0 saturated heterocycles. The summed E-state index contributed by atoms with van der Waals surface area (Å²) in [6.07, 6.45) is 0.789. The fraction of sp³-hybridized carbons (Fsp3) is 0.462. The van der Waals surface area contributed by atoms with Crippen LogP contribution in [0.25, 0.3) is 0 Å². The van der Waals surface area contributed by atoms with Crippen molar-refractivity contribution in [2.75, 3.05) is 7.05 Å². The maximum Gasteiger partial charge on any atom is 0.254 e. The van der Waals surface area contributed by atoms with Gasteiger partial charge in [-0.1, -0.05) is 12.1 Å². The second kappa shape index (κ2) is 3.59. The van der Waals surface area contributed by atoms with Crippen LogP contribution < -0.4 is 5.73 Å². The van der Waals surface area contributed by atoms with Crippen LogP contribution in [-0.4, -0.2) is 23.4 Å². The third-order valence-corrected chi connectivity index (χ3v) is 2.82. The van der Waals surface area contributed by atoms with Gasteiger partial charge in [-0.25, -0.2) is 0 Å². The number of carbonyl (C=O) groups excluding carboxylic acids is 1. The van der Waals surface area contributed by atoms with Crippen LogP contribution in [0.1, 0.15) is 35.3 Å². The summed E-state index contributed by atoms with van der Waals surface area (Å²) in [5.41, 5.74) is 8.83. The number of amides is 1. The van der Waals surface area contributed by atoms with Crippen molar-refractivity contribution in [3.63, 3.8) is 0 Å². The topological polar surface area (TPSA) is 46.3 Å². The van der Waals surface area contributed by atoms with Gasteiger partial charge in [-0.2, -0.15) is 0 Å². The standard InChI is InChI=1S/C13H18N2O/c1-13(2,14)7-9-4-5-10-8-15(3)12(16)11(10)6-9/h4-6H,7-8,14H2,1-3H3. The lowest BCUT2D eigenvalue weighted by molar-refractivity contribution is 0.0816. The maximum atomic E-state index is 11.8. The smallest absolute Gasteiger partial charge is 0.254 e. The number of benzene rings is 1. The first-order valence-electron chi connectivity index (χ1n) is 5.53. The molecule has 1 aromatic carbocycles. The summed E-state index contributed by atoms with van der Waals surface area (Å²) >= 11 is 0. The highest BCUT2D eigenvalue weighted by atomic mass is 16.2. The molecule has 86 valence electrons. The monoisotopic (exact) mass is 218 g/mol. The highest BCUT2D eigenvalue weighted by Gasteiger charge is 2.24. The number of nitrogens with zero attached hydrogens (tertiary/aromatic N) is 1. The van der Waals surface area contributed by atoms with E-state index in [-0.39, 0.29) is 11.4 Å². The zero-order valence-electron chi connectivity index (χ0n) is 10.1. The van der Waals surface area contributed by atoms with Crippen LogP contribution in [0.5, 0.6) is 0 Å². The van der Waals surface area contributed by atoms with Gasteiger partial charge >= 0.3 is 0 Å². The molecule has 0 fully saturated rings. The molecule has 2 rings (SSSR count). The molecule has 3 heteroatoms. The van der Waals surface area contributed by atoms with Crippen molar-refractivity contribution >= 4 is 5.91 Å². The number of nitrogens with two attached hydrogens (primary N) is 1. The van der Waals surface area contributed by atoms with Gasteiger partial charge in [0.05, 0.1) is 0 Å². The van der Waals surface area contributed by atoms with E-state index in [1.807, 2.05) is 33.0 Å². The Hall–Kier alpha value is -1.35. The molecule has 0 aliphatic carbocycles. The fourth-order valence-corrected chi connectivity index (χ4v) is 2.13. The Kier molecular flexibility index (Phi) is 2.50. The van der Waals surface area contributed by atoms with E-state index >= 15 is 0 Å². The van der Waals surface area contributed by atoms with Crippen molar-refractivity contribution in [1.29, 1.82) is 0 Å². The van der Waals surface area contributed by atoms with E-state index < -0.39 is 0 Å². The lowest BCUT2D eigenvalue weighted by Crippen LogP contribution is -2.34. The molecule has 0 bridgehead atoms. The van der Waals surface area contributed by atoms with Crippen molar-refractivity contribution in [3.05, 3.63) is 34.9 Å². The van der Waals surface area contributed by atoms with E-state index in [4.69, 9.17) is 5.73 Å². The molecule has 3 nitrogen and oxygen atoms in total. The summed E-state index contributed by atoms with van der Waals surface area (Å²) in [4.78, 5) is 13.5. The van der Waals surface area contributed by atoms with Gasteiger partial charge < -0.3 is 10.6 Å². The molecule has 1 aliphatic heterocycles. The summed E-state index contributed by atoms with van der Waals surface area (Å²) in [7, 11) is 1.83. The van der Waals surface area contributed by atoms with Gasteiger partial charge in [0.2, 0.25) is 0 Å². The molecule has 0 spiro atoms. The van der Waals surface area contributed by atoms with Crippen LogP contribution >= 0.6 is 0 Å². The van der Waals surface area contributed by atoms with Crippen LogP contribution in [0.3, 0.4) is 0 Å². The van der Waals surface area contributed by atoms with Gasteiger partial charge in [0.25, 0.3) is 5.91 Å². The Morgan fingerprint density at radius 2 is 2.12 bits per heavy atom. The normalized spacial score (nSPS) is 15.5. The first-order chi connectivity index (χ1) is 7.37. The lowest BCUT2D eigenvalue weighted by atomic mass is 9.94. The molecular formula is C13H18N2O. The average Bonchev–Trinajstić information content (AvgIpc) is 2.42. The Morgan fingerprint density at radius 1 is 1.44 bits per heavy atom. The number of carbonyl (C=O) groups is 1. The van der Waals surface area contributed by atoms with E-state index in [1.54, 1.807) is 4.90 Å². The Labute approximate surface area is 96.2 Å². The predicted molar refractivity (Wildman–Crippen MR) is 64.2 cm³/mol. The molecule has 1 aliphatic rings. The predicted octanol–water partition coefficient (Wildman–Crippen LogP) is 1.55. The molecule has 0 aromatic heterocycles. The Bertz CT molecular complexity index is 432. The van der Waals surface area contributed by atoms with Crippen molar-refractivity contribution in [3.8, 4) is 0 Å². The quantitative estimate of drug-likeness (QED) is 0.818. The summed E-state index contributed by atoms with van der Waals surface area (Å²) in [5.74, 6) is 0.117. The molecular weight excluding hydrogens is 200 g/mol. The van der Waals surface area contributed by atoms with Gasteiger partial charge in [-0.15, -0.1) is 0 Å². The van der Waals surface area contributed by atoms with Crippen LogP contribution in [0.4, 0.5) is 0 Å². The van der Waals surface area contributed by atoms with Gasteiger partial charge in [0.15, 0.2) is 0 Å². The molecule has 0 radical (unpaired) electrons. The summed E-state index contributed by atoms with van der Waals surface area (Å²) in [5, 5.41) is 0. The van der Waals surface area contributed by atoms with E-state index in [1.165, 1.54) is 0 Å². The van der Waals surface area contributed by atoms with Gasteiger partial charge in [0, 0.05) is 24.7 Å². The lowest BCUT2D eigenvalue weighted by Gasteiger charge is -2.18. The van der Waals surface area contributed by atoms with Crippen LogP contribution in [0, 0.1) is 0 Å². The van der Waals surface area contributed by atoms with E-state index in [2.05, 4.69) is 6.07 Å². The minimum absolute atomic E-state index is 0.117. The Morgan fingerprint density at radius 3 is 2.75 bits per heavy atom. The van der Waals surface area contributed by atoms with Crippen LogP contribution in [0.2, 0.25) is 0 Å². The molecule has 16 heavy (non-hydrogen) atoms. The minimum atomic E-state index is -0.234. The molecule has 0 atom stereocenters. The third-order valence-electron chi connectivity index (χ3n) is 2.82. The largest absolute Gasteiger partial charge is 0.337 e. The van der Waals surface area contributed by atoms with Crippen LogP contribution in [-0.2, 0) is 13.0 Å². The molecule has 0 saturated carbocycles. The number of fused-ring (bicyclic) bond motifs is 1. The summed E-state index contributed by atoms with van der Waals surface area (Å²) in [6.45, 7) is 4.71. The minimum Gasteiger partial charge on any atom is -0.337 e. The van der Waals surface area contributed by atoms with Gasteiger partial charge in [-0.05, 0) is 37.5 Å². The number of rotatable bonds is 2. The van der Waals surface area contributed by atoms with E-state index in [0.717, 1.165) is 29.7 Å². The fourth-order valence-electron chi connectivity index (χ4n) is 2.13. The van der Waals surface area contributed by atoms with Gasteiger partial charge in [-0.3, -0.25) is 4.79 Å². The SMILES string of the molecule is CN1Cc2ccc(CC(C)(C)N)cc2C1=O. The molecule has 1 heterocycles. The molecule has 2 N–H and O–H groups in total. The summed E-state index contributed by atoms with van der Waals surface area (Å²) in [6, 6.07) is 6.09. The second-order valence-electron chi connectivity index (χ2n) is 5.32. The van der Waals surface area contributed by atoms with E-state index in [0.29, 0.717) is 0 Å². The summed E-state index contributed by atoms with van der Waals surface area (Å²) < 4.78 is 0. The van der Waals surface area contributed by atoms with Crippen molar-refractivity contribution in [2.45, 2.75) is 32.4 Å². The average molecular weight is 218 g/mol. The highest BCUT2D eigenvalue weighted by molar-refractivity contribution is 5.98. The zero-order chi connectivity index (χ0) is 11.9.